The average molecular weight is 429 g/mol. The largest absolute Gasteiger partial charge is 0.493 e. The molecule has 4 aromatic rings. The van der Waals surface area contributed by atoms with E-state index in [0.29, 0.717) is 39.9 Å². The lowest BCUT2D eigenvalue weighted by molar-refractivity contribution is 0.0785. The number of hydrogen-bond donors (Lipinski definition) is 1. The number of pyridine rings is 1. The van der Waals surface area contributed by atoms with Crippen molar-refractivity contribution < 1.29 is 13.9 Å². The number of aromatic amines is 1. The third-order valence-corrected chi connectivity index (χ3v) is 5.09. The normalized spacial score (nSPS) is 10.7. The first-order valence-electron chi connectivity index (χ1n) is 10.0. The zero-order chi connectivity index (χ0) is 22.7. The Balaban J connectivity index is 1.62. The van der Waals surface area contributed by atoms with Crippen LogP contribution in [0.3, 0.4) is 0 Å². The second kappa shape index (κ2) is 8.86. The van der Waals surface area contributed by atoms with Gasteiger partial charge in [-0.15, -0.1) is 0 Å². The molecule has 1 amide bonds. The van der Waals surface area contributed by atoms with Gasteiger partial charge in [0, 0.05) is 36.5 Å². The van der Waals surface area contributed by atoms with E-state index in [9.17, 15) is 14.4 Å². The highest BCUT2D eigenvalue weighted by molar-refractivity contribution is 5.96. The Hall–Kier alpha value is -4.25. The molecule has 2 aromatic heterocycles. The molecule has 8 heteroatoms. The van der Waals surface area contributed by atoms with Crippen LogP contribution in [0.15, 0.2) is 54.9 Å². The smallest absolute Gasteiger partial charge is 0.254 e. The fourth-order valence-corrected chi connectivity index (χ4v) is 3.57. The van der Waals surface area contributed by atoms with Crippen LogP contribution >= 0.6 is 0 Å². The van der Waals surface area contributed by atoms with Gasteiger partial charge in [0.2, 0.25) is 0 Å². The fraction of sp³-hybridized carbons (Fsp3) is 0.167. The number of halogens is 1. The van der Waals surface area contributed by atoms with Gasteiger partial charge in [-0.25, -0.2) is 9.37 Å². The molecule has 4 rings (SSSR count). The quantitative estimate of drug-likeness (QED) is 0.493. The monoisotopic (exact) mass is 429 g/mol. The number of benzene rings is 2. The second-order valence-corrected chi connectivity index (χ2v) is 7.22. The number of amides is 1. The molecule has 0 radical (unpaired) electrons. The van der Waals surface area contributed by atoms with Crippen LogP contribution < -0.4 is 4.74 Å². The average Bonchev–Trinajstić information content (AvgIpc) is 3.29. The van der Waals surface area contributed by atoms with Crippen LogP contribution in [-0.2, 0) is 6.54 Å². The lowest BCUT2D eigenvalue weighted by atomic mass is 10.0. The summed E-state index contributed by atoms with van der Waals surface area (Å²) < 4.78 is 19.4. The Morgan fingerprint density at radius 1 is 1.25 bits per heavy atom. The molecule has 0 aliphatic rings. The molecule has 2 aromatic carbocycles. The molecule has 0 fully saturated rings. The summed E-state index contributed by atoms with van der Waals surface area (Å²) in [5.74, 6) is -0.0481. The molecule has 160 valence electrons. The highest BCUT2D eigenvalue weighted by Gasteiger charge is 2.18. The van der Waals surface area contributed by atoms with E-state index < -0.39 is 0 Å². The van der Waals surface area contributed by atoms with E-state index in [-0.39, 0.29) is 24.0 Å². The van der Waals surface area contributed by atoms with Crippen LogP contribution in [0.1, 0.15) is 28.5 Å². The summed E-state index contributed by atoms with van der Waals surface area (Å²) in [6.07, 6.45) is 3.12. The number of hydrogen-bond acceptors (Lipinski definition) is 5. The molecule has 0 unspecified atom stereocenters. The molecule has 0 atom stereocenters. The Morgan fingerprint density at radius 2 is 2.09 bits per heavy atom. The topological polar surface area (TPSA) is 94.9 Å². The zero-order valence-electron chi connectivity index (χ0n) is 17.6. The predicted molar refractivity (Wildman–Crippen MR) is 117 cm³/mol. The number of rotatable bonds is 6. The number of carbonyl (C=O) groups excluding carboxylic acids is 1. The van der Waals surface area contributed by atoms with Crippen molar-refractivity contribution in [1.29, 1.82) is 5.26 Å². The third kappa shape index (κ3) is 4.01. The van der Waals surface area contributed by atoms with Gasteiger partial charge in [-0.1, -0.05) is 12.1 Å². The summed E-state index contributed by atoms with van der Waals surface area (Å²) in [6.45, 7) is 2.53. The number of ether oxygens (including phenoxy) is 1. The molecule has 0 aliphatic heterocycles. The van der Waals surface area contributed by atoms with Crippen molar-refractivity contribution in [2.75, 3.05) is 13.7 Å². The maximum absolute atomic E-state index is 13.7. The number of nitriles is 1. The van der Waals surface area contributed by atoms with E-state index in [1.165, 1.54) is 12.1 Å². The summed E-state index contributed by atoms with van der Waals surface area (Å²) in [6, 6.07) is 13.4. The summed E-state index contributed by atoms with van der Waals surface area (Å²) in [5.41, 5.74) is 3.52. The summed E-state index contributed by atoms with van der Waals surface area (Å²) in [5, 5.41) is 16.7. The Bertz CT molecular complexity index is 1340. The maximum Gasteiger partial charge on any atom is 0.254 e. The van der Waals surface area contributed by atoms with Crippen molar-refractivity contribution in [1.82, 2.24) is 20.1 Å². The van der Waals surface area contributed by atoms with Gasteiger partial charge >= 0.3 is 0 Å². The molecule has 32 heavy (non-hydrogen) atoms. The van der Waals surface area contributed by atoms with Crippen LogP contribution in [-0.4, -0.2) is 39.6 Å². The maximum atomic E-state index is 13.7. The standard InChI is InChI=1S/C24H20FN5O2/c1-3-32-22-10-16(7-8-19(22)15-5-4-6-18(25)9-15)24(31)30(2)14-17-12-27-21(11-26)20-13-28-29-23(17)20/h4-10,12-13H,3,14H2,1-2H3,(H,28,29). The minimum absolute atomic E-state index is 0.214. The van der Waals surface area contributed by atoms with Crippen LogP contribution in [0.25, 0.3) is 22.0 Å². The molecule has 1 N–H and O–H groups in total. The van der Waals surface area contributed by atoms with Crippen LogP contribution in [0.2, 0.25) is 0 Å². The van der Waals surface area contributed by atoms with Gasteiger partial charge in [-0.05, 0) is 42.8 Å². The number of carbonyl (C=O) groups is 1. The minimum Gasteiger partial charge on any atom is -0.493 e. The van der Waals surface area contributed by atoms with E-state index in [1.54, 1.807) is 54.7 Å². The first-order chi connectivity index (χ1) is 15.5. The van der Waals surface area contributed by atoms with Crippen LogP contribution in [0.5, 0.6) is 5.75 Å². The summed E-state index contributed by atoms with van der Waals surface area (Å²) >= 11 is 0. The summed E-state index contributed by atoms with van der Waals surface area (Å²) in [7, 11) is 1.68. The Labute approximate surface area is 184 Å². The lowest BCUT2D eigenvalue weighted by Crippen LogP contribution is -2.26. The van der Waals surface area contributed by atoms with Crippen LogP contribution in [0, 0.1) is 17.1 Å². The highest BCUT2D eigenvalue weighted by atomic mass is 19.1. The number of nitrogens with zero attached hydrogens (tertiary/aromatic N) is 4. The van der Waals surface area contributed by atoms with E-state index >= 15 is 0 Å². The van der Waals surface area contributed by atoms with Gasteiger partial charge in [-0.3, -0.25) is 9.89 Å². The van der Waals surface area contributed by atoms with Crippen LogP contribution in [0.4, 0.5) is 4.39 Å². The van der Waals surface area contributed by atoms with Gasteiger partial charge in [0.25, 0.3) is 5.91 Å². The van der Waals surface area contributed by atoms with E-state index in [0.717, 1.165) is 5.56 Å². The fourth-order valence-electron chi connectivity index (χ4n) is 3.57. The molecule has 0 aliphatic carbocycles. The number of nitrogens with one attached hydrogen (secondary N) is 1. The molecule has 0 bridgehead atoms. The second-order valence-electron chi connectivity index (χ2n) is 7.22. The molecule has 2 heterocycles. The number of fused-ring (bicyclic) bond motifs is 1. The first-order valence-corrected chi connectivity index (χ1v) is 10.0. The Kier molecular flexibility index (Phi) is 5.81. The van der Waals surface area contributed by atoms with Gasteiger partial charge in [0.15, 0.2) is 5.69 Å². The SMILES string of the molecule is CCOc1cc(C(=O)N(C)Cc2cnc(C#N)c3cn[nH]c23)ccc1-c1cccc(F)c1. The van der Waals surface area contributed by atoms with Crippen molar-refractivity contribution in [2.45, 2.75) is 13.5 Å². The molecule has 7 nitrogen and oxygen atoms in total. The molecule has 0 saturated carbocycles. The number of aromatic nitrogens is 3. The highest BCUT2D eigenvalue weighted by Crippen LogP contribution is 2.32. The van der Waals surface area contributed by atoms with Gasteiger partial charge in [-0.2, -0.15) is 10.4 Å². The summed E-state index contributed by atoms with van der Waals surface area (Å²) in [4.78, 5) is 18.8. The number of H-pyrrole nitrogens is 1. The van der Waals surface area contributed by atoms with Gasteiger partial charge in [0.05, 0.1) is 23.7 Å². The van der Waals surface area contributed by atoms with Crippen molar-refractivity contribution in [3.8, 4) is 22.9 Å². The lowest BCUT2D eigenvalue weighted by Gasteiger charge is -2.19. The first kappa shape index (κ1) is 21.0. The van der Waals surface area contributed by atoms with Crippen molar-refractivity contribution >= 4 is 16.8 Å². The van der Waals surface area contributed by atoms with E-state index in [1.807, 2.05) is 13.0 Å². The van der Waals surface area contributed by atoms with Gasteiger partial charge in [0.1, 0.15) is 17.6 Å². The van der Waals surface area contributed by atoms with E-state index in [2.05, 4.69) is 15.2 Å². The zero-order valence-corrected chi connectivity index (χ0v) is 17.6. The minimum atomic E-state index is -0.342. The Morgan fingerprint density at radius 3 is 2.84 bits per heavy atom. The van der Waals surface area contributed by atoms with Gasteiger partial charge < -0.3 is 9.64 Å². The molecular weight excluding hydrogens is 409 g/mol. The van der Waals surface area contributed by atoms with E-state index in [4.69, 9.17) is 4.74 Å². The molecule has 0 saturated heterocycles. The van der Waals surface area contributed by atoms with Crippen molar-refractivity contribution in [3.63, 3.8) is 0 Å². The third-order valence-electron chi connectivity index (χ3n) is 5.09. The molecule has 0 spiro atoms. The van der Waals surface area contributed by atoms with Crippen molar-refractivity contribution in [2.24, 2.45) is 0 Å². The predicted octanol–water partition coefficient (Wildman–Crippen LogP) is 4.31. The molecular formula is C24H20FN5O2. The van der Waals surface area contributed by atoms with Crippen molar-refractivity contribution in [3.05, 3.63) is 77.5 Å².